The van der Waals surface area contributed by atoms with Crippen LogP contribution in [0.25, 0.3) is 0 Å². The van der Waals surface area contributed by atoms with Gasteiger partial charge < -0.3 is 4.74 Å². The minimum Gasteiger partial charge on any atom is -0.371 e. The first-order valence-electron chi connectivity index (χ1n) is 6.97. The fourth-order valence-corrected chi connectivity index (χ4v) is 3.75. The van der Waals surface area contributed by atoms with Gasteiger partial charge in [0, 0.05) is 13.1 Å². The summed E-state index contributed by atoms with van der Waals surface area (Å²) >= 11 is 0. The van der Waals surface area contributed by atoms with Crippen molar-refractivity contribution in [1.29, 1.82) is 0 Å². The van der Waals surface area contributed by atoms with Gasteiger partial charge in [0.2, 0.25) is 10.0 Å². The lowest BCUT2D eigenvalue weighted by atomic mass is 10.2. The first-order chi connectivity index (χ1) is 10.6. The van der Waals surface area contributed by atoms with E-state index in [0.717, 1.165) is 17.7 Å². The summed E-state index contributed by atoms with van der Waals surface area (Å²) in [5, 5.41) is 0. The largest absolute Gasteiger partial charge is 0.371 e. The van der Waals surface area contributed by atoms with E-state index in [1.54, 1.807) is 0 Å². The zero-order valence-electron chi connectivity index (χ0n) is 11.9. The second kappa shape index (κ2) is 6.16. The number of rotatable bonds is 5. The van der Waals surface area contributed by atoms with Crippen LogP contribution in [-0.2, 0) is 21.4 Å². The Morgan fingerprint density at radius 2 is 1.68 bits per heavy atom. The Hall–Kier alpha value is -1.76. The van der Waals surface area contributed by atoms with Crippen LogP contribution in [0.15, 0.2) is 59.5 Å². The smallest absolute Gasteiger partial charge is 0.243 e. The van der Waals surface area contributed by atoms with Gasteiger partial charge in [-0.2, -0.15) is 4.31 Å². The second-order valence-corrected chi connectivity index (χ2v) is 7.13. The fourth-order valence-electron chi connectivity index (χ4n) is 2.25. The van der Waals surface area contributed by atoms with Crippen LogP contribution in [0, 0.1) is 5.82 Å². The number of ether oxygens (including phenoxy) is 1. The molecule has 2 aromatic rings. The molecule has 0 atom stereocenters. The van der Waals surface area contributed by atoms with Crippen LogP contribution in [0.3, 0.4) is 0 Å². The minimum absolute atomic E-state index is 0.101. The van der Waals surface area contributed by atoms with Crippen molar-refractivity contribution in [2.75, 3.05) is 13.1 Å². The van der Waals surface area contributed by atoms with Gasteiger partial charge in [-0.05, 0) is 29.8 Å². The molecule has 1 aliphatic rings. The number of hydrogen-bond donors (Lipinski definition) is 0. The van der Waals surface area contributed by atoms with E-state index in [2.05, 4.69) is 0 Å². The highest BCUT2D eigenvalue weighted by Gasteiger charge is 2.37. The monoisotopic (exact) mass is 321 g/mol. The van der Waals surface area contributed by atoms with Gasteiger partial charge >= 0.3 is 0 Å². The first-order valence-corrected chi connectivity index (χ1v) is 8.41. The summed E-state index contributed by atoms with van der Waals surface area (Å²) in [4.78, 5) is 0.107. The molecule has 2 aromatic carbocycles. The standard InChI is InChI=1S/C16H16FNO3S/c17-14-6-8-16(9-7-14)22(19,20)18-10-15(11-18)21-12-13-4-2-1-3-5-13/h1-9,15H,10-12H2. The quantitative estimate of drug-likeness (QED) is 0.850. The molecular formula is C16H16FNO3S. The average Bonchev–Trinajstić information content (AvgIpc) is 2.47. The Kier molecular flexibility index (Phi) is 4.24. The summed E-state index contributed by atoms with van der Waals surface area (Å²) in [5.41, 5.74) is 1.06. The molecule has 0 aromatic heterocycles. The molecular weight excluding hydrogens is 305 g/mol. The van der Waals surface area contributed by atoms with Crippen molar-refractivity contribution in [3.05, 3.63) is 66.0 Å². The van der Waals surface area contributed by atoms with Crippen LogP contribution in [-0.4, -0.2) is 31.9 Å². The molecule has 1 aliphatic heterocycles. The van der Waals surface area contributed by atoms with Crippen molar-refractivity contribution in [2.45, 2.75) is 17.6 Å². The predicted molar refractivity (Wildman–Crippen MR) is 80.2 cm³/mol. The van der Waals surface area contributed by atoms with Gasteiger partial charge in [-0.25, -0.2) is 12.8 Å². The summed E-state index contributed by atoms with van der Waals surface area (Å²) in [6, 6.07) is 14.6. The third kappa shape index (κ3) is 3.19. The topological polar surface area (TPSA) is 46.6 Å². The van der Waals surface area contributed by atoms with Crippen molar-refractivity contribution in [3.63, 3.8) is 0 Å². The molecule has 22 heavy (non-hydrogen) atoms. The molecule has 0 unspecified atom stereocenters. The SMILES string of the molecule is O=S(=O)(c1ccc(F)cc1)N1CC(OCc2ccccc2)C1. The van der Waals surface area contributed by atoms with Crippen molar-refractivity contribution in [2.24, 2.45) is 0 Å². The van der Waals surface area contributed by atoms with Crippen molar-refractivity contribution >= 4 is 10.0 Å². The molecule has 0 spiro atoms. The van der Waals surface area contributed by atoms with Crippen LogP contribution < -0.4 is 0 Å². The predicted octanol–water partition coefficient (Wildman–Crippen LogP) is 2.42. The van der Waals surface area contributed by atoms with E-state index in [0.29, 0.717) is 19.7 Å². The molecule has 6 heteroatoms. The Bertz CT molecular complexity index is 726. The van der Waals surface area contributed by atoms with E-state index in [1.165, 1.54) is 16.4 Å². The lowest BCUT2D eigenvalue weighted by Crippen LogP contribution is -2.54. The zero-order valence-corrected chi connectivity index (χ0v) is 12.7. The molecule has 4 nitrogen and oxygen atoms in total. The second-order valence-electron chi connectivity index (χ2n) is 5.19. The number of halogens is 1. The number of benzene rings is 2. The Morgan fingerprint density at radius 1 is 1.05 bits per heavy atom. The van der Waals surface area contributed by atoms with Crippen LogP contribution in [0.5, 0.6) is 0 Å². The van der Waals surface area contributed by atoms with Crippen LogP contribution >= 0.6 is 0 Å². The Morgan fingerprint density at radius 3 is 2.32 bits per heavy atom. The molecule has 0 aliphatic carbocycles. The Labute approximate surface area is 129 Å². The first kappa shape index (κ1) is 15.1. The number of hydrogen-bond acceptors (Lipinski definition) is 3. The van der Waals surface area contributed by atoms with E-state index in [1.807, 2.05) is 30.3 Å². The molecule has 0 N–H and O–H groups in total. The molecule has 3 rings (SSSR count). The highest BCUT2D eigenvalue weighted by atomic mass is 32.2. The third-order valence-corrected chi connectivity index (χ3v) is 5.44. The Balaban J connectivity index is 1.55. The summed E-state index contributed by atoms with van der Waals surface area (Å²) in [5.74, 6) is -0.452. The lowest BCUT2D eigenvalue weighted by Gasteiger charge is -2.37. The summed E-state index contributed by atoms with van der Waals surface area (Å²) in [6.45, 7) is 1.12. The fraction of sp³-hybridized carbons (Fsp3) is 0.250. The highest BCUT2D eigenvalue weighted by Crippen LogP contribution is 2.23. The van der Waals surface area contributed by atoms with Crippen LogP contribution in [0.1, 0.15) is 5.56 Å². The van der Waals surface area contributed by atoms with E-state index < -0.39 is 15.8 Å². The van der Waals surface area contributed by atoms with Crippen LogP contribution in [0.4, 0.5) is 4.39 Å². The van der Waals surface area contributed by atoms with Gasteiger partial charge in [0.1, 0.15) is 5.82 Å². The number of sulfonamides is 1. The normalized spacial score (nSPS) is 16.4. The summed E-state index contributed by atoms with van der Waals surface area (Å²) in [6.07, 6.45) is -0.101. The molecule has 1 saturated heterocycles. The zero-order chi connectivity index (χ0) is 15.6. The highest BCUT2D eigenvalue weighted by molar-refractivity contribution is 7.89. The van der Waals surface area contributed by atoms with Gasteiger partial charge in [0.15, 0.2) is 0 Å². The molecule has 116 valence electrons. The van der Waals surface area contributed by atoms with Gasteiger partial charge in [0.05, 0.1) is 17.6 Å². The minimum atomic E-state index is -3.55. The van der Waals surface area contributed by atoms with E-state index in [-0.39, 0.29) is 11.0 Å². The maximum Gasteiger partial charge on any atom is 0.243 e. The van der Waals surface area contributed by atoms with Crippen molar-refractivity contribution < 1.29 is 17.5 Å². The van der Waals surface area contributed by atoms with Gasteiger partial charge in [-0.3, -0.25) is 0 Å². The van der Waals surface area contributed by atoms with Gasteiger partial charge in [0.25, 0.3) is 0 Å². The third-order valence-electron chi connectivity index (χ3n) is 3.59. The lowest BCUT2D eigenvalue weighted by molar-refractivity contribution is -0.0295. The van der Waals surface area contributed by atoms with Gasteiger partial charge in [-0.1, -0.05) is 30.3 Å². The molecule has 1 fully saturated rings. The maximum absolute atomic E-state index is 12.9. The molecule has 0 amide bonds. The molecule has 0 bridgehead atoms. The van der Waals surface area contributed by atoms with E-state index >= 15 is 0 Å². The van der Waals surface area contributed by atoms with Gasteiger partial charge in [-0.15, -0.1) is 0 Å². The van der Waals surface area contributed by atoms with Crippen molar-refractivity contribution in [1.82, 2.24) is 4.31 Å². The van der Waals surface area contributed by atoms with Crippen molar-refractivity contribution in [3.8, 4) is 0 Å². The summed E-state index contributed by atoms with van der Waals surface area (Å²) < 4.78 is 44.5. The number of nitrogens with zero attached hydrogens (tertiary/aromatic N) is 1. The maximum atomic E-state index is 12.9. The molecule has 0 saturated carbocycles. The summed E-state index contributed by atoms with van der Waals surface area (Å²) in [7, 11) is -3.55. The molecule has 1 heterocycles. The molecule has 0 radical (unpaired) electrons. The van der Waals surface area contributed by atoms with Crippen LogP contribution in [0.2, 0.25) is 0 Å². The van der Waals surface area contributed by atoms with E-state index in [4.69, 9.17) is 4.74 Å². The van der Waals surface area contributed by atoms with E-state index in [9.17, 15) is 12.8 Å². The average molecular weight is 321 g/mol.